The number of piperazine rings is 1. The van der Waals surface area contributed by atoms with E-state index in [9.17, 15) is 18.4 Å². The molecule has 1 unspecified atom stereocenters. The van der Waals surface area contributed by atoms with Crippen molar-refractivity contribution in [2.75, 3.05) is 31.6 Å². The Morgan fingerprint density at radius 2 is 1.91 bits per heavy atom. The van der Waals surface area contributed by atoms with Crippen molar-refractivity contribution in [3.05, 3.63) is 64.5 Å². The van der Waals surface area contributed by atoms with Gasteiger partial charge in [-0.15, -0.1) is 5.10 Å². The summed E-state index contributed by atoms with van der Waals surface area (Å²) in [6.45, 7) is 5.17. The van der Waals surface area contributed by atoms with Gasteiger partial charge in [0, 0.05) is 37.1 Å². The molecule has 0 bridgehead atoms. The van der Waals surface area contributed by atoms with Crippen LogP contribution in [0.15, 0.2) is 47.3 Å². The van der Waals surface area contributed by atoms with Crippen LogP contribution in [0.4, 0.5) is 14.6 Å². The summed E-state index contributed by atoms with van der Waals surface area (Å²) in [6, 6.07) is 9.71. The van der Waals surface area contributed by atoms with Crippen molar-refractivity contribution in [2.45, 2.75) is 19.9 Å². The first kappa shape index (κ1) is 21.9. The molecule has 9 heteroatoms. The number of nitrogens with zero attached hydrogens (tertiary/aromatic N) is 3. The van der Waals surface area contributed by atoms with Crippen molar-refractivity contribution in [2.24, 2.45) is 5.41 Å². The van der Waals surface area contributed by atoms with Gasteiger partial charge in [-0.05, 0) is 32.0 Å². The van der Waals surface area contributed by atoms with E-state index in [1.807, 2.05) is 4.90 Å². The summed E-state index contributed by atoms with van der Waals surface area (Å²) in [5, 5.41) is 8.83. The molecule has 2 heterocycles. The molecule has 0 radical (unpaired) electrons. The van der Waals surface area contributed by atoms with Gasteiger partial charge in [0.1, 0.15) is 11.5 Å². The van der Waals surface area contributed by atoms with Gasteiger partial charge in [-0.3, -0.25) is 9.59 Å². The van der Waals surface area contributed by atoms with Gasteiger partial charge in [-0.25, -0.2) is 8.78 Å². The quantitative estimate of drug-likeness (QED) is 0.626. The molecule has 1 aliphatic rings. The Morgan fingerprint density at radius 1 is 1.19 bits per heavy atom. The number of carbonyl (C=O) groups is 1. The number of halogens is 2. The van der Waals surface area contributed by atoms with Crippen LogP contribution in [0.5, 0.6) is 0 Å². The van der Waals surface area contributed by atoms with E-state index in [-0.39, 0.29) is 17.7 Å². The minimum Gasteiger partial charge on any atom is -0.469 e. The first-order valence-corrected chi connectivity index (χ1v) is 10.3. The number of hydrogen-bond donors (Lipinski definition) is 1. The second-order valence-corrected chi connectivity index (χ2v) is 8.35. The summed E-state index contributed by atoms with van der Waals surface area (Å²) in [5.74, 6) is -1.48. The molecule has 3 aromatic rings. The average Bonchev–Trinajstić information content (AvgIpc) is 2.79. The highest BCUT2D eigenvalue weighted by Crippen LogP contribution is 2.29. The van der Waals surface area contributed by atoms with Crippen molar-refractivity contribution in [3.8, 4) is 5.69 Å². The molecule has 1 fully saturated rings. The minimum absolute atomic E-state index is 0.134. The van der Waals surface area contributed by atoms with E-state index in [2.05, 4.69) is 10.4 Å². The summed E-state index contributed by atoms with van der Waals surface area (Å²) >= 11 is 0. The normalized spacial score (nSPS) is 16.9. The predicted molar refractivity (Wildman–Crippen MR) is 117 cm³/mol. The van der Waals surface area contributed by atoms with Gasteiger partial charge in [0.25, 0.3) is 5.56 Å². The number of aromatic nitrogens is 2. The summed E-state index contributed by atoms with van der Waals surface area (Å²) in [7, 11) is 1.35. The number of carbonyl (C=O) groups excluding carboxylic acids is 1. The van der Waals surface area contributed by atoms with Gasteiger partial charge < -0.3 is 15.0 Å². The number of hydrogen-bond acceptors (Lipinski definition) is 6. The topological polar surface area (TPSA) is 76.5 Å². The van der Waals surface area contributed by atoms with Gasteiger partial charge in [-0.1, -0.05) is 18.2 Å². The second kappa shape index (κ2) is 8.31. The van der Waals surface area contributed by atoms with E-state index in [4.69, 9.17) is 4.74 Å². The number of fused-ring (bicyclic) bond motifs is 1. The third-order valence-corrected chi connectivity index (χ3v) is 5.98. The second-order valence-electron chi connectivity index (χ2n) is 8.35. The van der Waals surface area contributed by atoms with Crippen molar-refractivity contribution in [1.29, 1.82) is 0 Å². The van der Waals surface area contributed by atoms with Crippen molar-refractivity contribution in [1.82, 2.24) is 15.1 Å². The number of benzene rings is 2. The molecule has 1 atom stereocenters. The highest BCUT2D eigenvalue weighted by atomic mass is 19.1. The fourth-order valence-electron chi connectivity index (χ4n) is 4.05. The molecule has 168 valence electrons. The number of rotatable bonds is 4. The molecule has 1 aromatic heterocycles. The monoisotopic (exact) mass is 442 g/mol. The Kier molecular flexibility index (Phi) is 5.68. The Balaban J connectivity index is 1.84. The molecule has 1 aliphatic heterocycles. The zero-order valence-electron chi connectivity index (χ0n) is 18.1. The lowest BCUT2D eigenvalue weighted by molar-refractivity contribution is -0.152. The lowest BCUT2D eigenvalue weighted by Crippen LogP contribution is -2.59. The molecule has 0 saturated carbocycles. The van der Waals surface area contributed by atoms with Gasteiger partial charge >= 0.3 is 5.97 Å². The van der Waals surface area contributed by atoms with Crippen LogP contribution >= 0.6 is 0 Å². The predicted octanol–water partition coefficient (Wildman–Crippen LogP) is 2.64. The van der Waals surface area contributed by atoms with Gasteiger partial charge in [0.05, 0.1) is 17.9 Å². The van der Waals surface area contributed by atoms with E-state index < -0.39 is 22.6 Å². The Hall–Kier alpha value is -3.33. The fraction of sp³-hybridized carbons (Fsp3) is 0.348. The van der Waals surface area contributed by atoms with E-state index in [1.54, 1.807) is 38.1 Å². The number of anilines is 1. The van der Waals surface area contributed by atoms with Crippen molar-refractivity contribution >= 4 is 22.6 Å². The molecule has 1 N–H and O–H groups in total. The van der Waals surface area contributed by atoms with Crippen molar-refractivity contribution in [3.63, 3.8) is 0 Å². The molecule has 7 nitrogen and oxygen atoms in total. The van der Waals surface area contributed by atoms with E-state index >= 15 is 0 Å². The maximum Gasteiger partial charge on any atom is 0.312 e. The number of methoxy groups -OCH3 is 1. The lowest BCUT2D eigenvalue weighted by Gasteiger charge is -2.41. The van der Waals surface area contributed by atoms with Gasteiger partial charge in [0.2, 0.25) is 0 Å². The molecule has 0 spiro atoms. The third-order valence-electron chi connectivity index (χ3n) is 5.98. The van der Waals surface area contributed by atoms with Crippen LogP contribution in [-0.2, 0) is 9.53 Å². The molecule has 32 heavy (non-hydrogen) atoms. The van der Waals surface area contributed by atoms with Gasteiger partial charge in [0.15, 0.2) is 11.6 Å². The molecular weight excluding hydrogens is 418 g/mol. The van der Waals surface area contributed by atoms with E-state index in [0.717, 1.165) is 16.8 Å². The van der Waals surface area contributed by atoms with Gasteiger partial charge in [-0.2, -0.15) is 4.68 Å². The van der Waals surface area contributed by atoms with Crippen LogP contribution in [-0.4, -0.2) is 48.5 Å². The molecule has 2 aromatic carbocycles. The molecule has 4 rings (SSSR count). The molecule has 0 amide bonds. The van der Waals surface area contributed by atoms with Crippen molar-refractivity contribution < 1.29 is 18.3 Å². The largest absolute Gasteiger partial charge is 0.469 e. The first-order chi connectivity index (χ1) is 15.2. The van der Waals surface area contributed by atoms with E-state index in [1.165, 1.54) is 13.2 Å². The maximum atomic E-state index is 14.5. The molecular formula is C23H24F2N4O3. The smallest absolute Gasteiger partial charge is 0.312 e. The minimum atomic E-state index is -0.883. The van der Waals surface area contributed by atoms with Crippen LogP contribution in [0, 0.1) is 17.0 Å². The zero-order valence-corrected chi connectivity index (χ0v) is 18.1. The number of nitrogens with one attached hydrogen (secondary N) is 1. The van der Waals surface area contributed by atoms with E-state index in [0.29, 0.717) is 36.2 Å². The molecule has 1 saturated heterocycles. The average molecular weight is 442 g/mol. The first-order valence-electron chi connectivity index (χ1n) is 10.3. The Morgan fingerprint density at radius 3 is 2.59 bits per heavy atom. The van der Waals surface area contributed by atoms with Crippen LogP contribution < -0.4 is 15.8 Å². The Bertz CT molecular complexity index is 1240. The summed E-state index contributed by atoms with van der Waals surface area (Å²) in [4.78, 5) is 27.4. The van der Waals surface area contributed by atoms with Crippen LogP contribution in [0.2, 0.25) is 0 Å². The fourth-order valence-corrected chi connectivity index (χ4v) is 4.05. The third kappa shape index (κ3) is 3.73. The molecule has 0 aliphatic carbocycles. The van der Waals surface area contributed by atoms with Crippen LogP contribution in [0.1, 0.15) is 13.8 Å². The van der Waals surface area contributed by atoms with Crippen LogP contribution in [0.3, 0.4) is 0 Å². The number of esters is 1. The summed E-state index contributed by atoms with van der Waals surface area (Å²) in [6.07, 6.45) is 0. The highest BCUT2D eigenvalue weighted by molar-refractivity contribution is 5.91. The lowest BCUT2D eigenvalue weighted by atomic mass is 9.83. The zero-order chi connectivity index (χ0) is 23.0. The number of ether oxygens (including phenoxy) is 1. The Labute approximate surface area is 183 Å². The standard InChI is InChI=1S/C23H24F2N4O3/c1-23(2,22(31)32-3)19-13-28(11-10-26-19)20-15-6-4-5-7-16(15)21(30)29(27-20)18-9-8-14(24)12-17(18)25/h4-9,12,19,26H,10-11,13H2,1-3H3. The highest BCUT2D eigenvalue weighted by Gasteiger charge is 2.40. The SMILES string of the molecule is COC(=O)C(C)(C)C1CN(c2nn(-c3ccc(F)cc3F)c(=O)c3ccccc23)CCN1. The summed E-state index contributed by atoms with van der Waals surface area (Å²) in [5.41, 5.74) is -1.44. The summed E-state index contributed by atoms with van der Waals surface area (Å²) < 4.78 is 33.9. The van der Waals surface area contributed by atoms with Crippen LogP contribution in [0.25, 0.3) is 16.5 Å². The maximum absolute atomic E-state index is 14.5.